The predicted octanol–water partition coefficient (Wildman–Crippen LogP) is 2.57. The largest absolute Gasteiger partial charge is 0.480 e. The van der Waals surface area contributed by atoms with Gasteiger partial charge in [-0.2, -0.15) is 0 Å². The molecule has 120 valence electrons. The molecule has 2 N–H and O–H groups in total. The van der Waals surface area contributed by atoms with Crippen molar-refractivity contribution < 1.29 is 14.7 Å². The number of hydrogen-bond acceptors (Lipinski definition) is 3. The van der Waals surface area contributed by atoms with E-state index in [1.54, 1.807) is 11.8 Å². The minimum atomic E-state index is -0.842. The number of carbonyl (C=O) groups is 2. The molecule has 5 nitrogen and oxygen atoms in total. The number of aliphatic carboxylic acids is 1. The summed E-state index contributed by atoms with van der Waals surface area (Å²) in [6, 6.07) is 4.88. The van der Waals surface area contributed by atoms with Crippen LogP contribution in [0.2, 0.25) is 0 Å². The highest BCUT2D eigenvalue weighted by Crippen LogP contribution is 2.22. The van der Waals surface area contributed by atoms with E-state index in [1.807, 2.05) is 32.0 Å². The third-order valence-electron chi connectivity index (χ3n) is 4.36. The molecule has 0 radical (unpaired) electrons. The van der Waals surface area contributed by atoms with Crippen molar-refractivity contribution in [3.05, 3.63) is 29.3 Å². The maximum atomic E-state index is 12.5. The Morgan fingerprint density at radius 3 is 2.73 bits per heavy atom. The minimum absolute atomic E-state index is 0.151. The maximum absolute atomic E-state index is 12.5. The van der Waals surface area contributed by atoms with Crippen LogP contribution in [0.3, 0.4) is 0 Å². The zero-order valence-electron chi connectivity index (χ0n) is 13.4. The monoisotopic (exact) mass is 304 g/mol. The van der Waals surface area contributed by atoms with Crippen molar-refractivity contribution in [2.24, 2.45) is 0 Å². The van der Waals surface area contributed by atoms with Gasteiger partial charge < -0.3 is 10.4 Å². The van der Waals surface area contributed by atoms with E-state index in [1.165, 1.54) is 0 Å². The van der Waals surface area contributed by atoms with Crippen molar-refractivity contribution in [2.45, 2.75) is 52.1 Å². The van der Waals surface area contributed by atoms with Crippen LogP contribution < -0.4 is 5.32 Å². The average molecular weight is 304 g/mol. The van der Waals surface area contributed by atoms with E-state index in [-0.39, 0.29) is 5.91 Å². The summed E-state index contributed by atoms with van der Waals surface area (Å²) in [6.07, 6.45) is 2.44. The van der Waals surface area contributed by atoms with E-state index in [9.17, 15) is 14.7 Å². The summed E-state index contributed by atoms with van der Waals surface area (Å²) >= 11 is 0. The molecule has 5 heteroatoms. The van der Waals surface area contributed by atoms with E-state index in [0.29, 0.717) is 13.0 Å². The fourth-order valence-corrected chi connectivity index (χ4v) is 2.94. The highest BCUT2D eigenvalue weighted by atomic mass is 16.4. The van der Waals surface area contributed by atoms with Gasteiger partial charge in [0.1, 0.15) is 6.04 Å². The summed E-state index contributed by atoms with van der Waals surface area (Å²) in [5.74, 6) is -0.993. The average Bonchev–Trinajstić information content (AvgIpc) is 2.50. The van der Waals surface area contributed by atoms with E-state index in [2.05, 4.69) is 5.32 Å². The van der Waals surface area contributed by atoms with Crippen LogP contribution >= 0.6 is 0 Å². The Hall–Kier alpha value is -1.88. The van der Waals surface area contributed by atoms with Crippen LogP contribution in [0.1, 0.15) is 37.3 Å². The topological polar surface area (TPSA) is 69.6 Å². The van der Waals surface area contributed by atoms with Crippen LogP contribution in [0.15, 0.2) is 18.2 Å². The molecule has 1 aliphatic rings. The molecule has 1 heterocycles. The summed E-state index contributed by atoms with van der Waals surface area (Å²) in [5, 5.41) is 12.3. The smallest absolute Gasteiger partial charge is 0.320 e. The van der Waals surface area contributed by atoms with Gasteiger partial charge in [-0.3, -0.25) is 14.5 Å². The first-order valence-corrected chi connectivity index (χ1v) is 7.77. The number of carboxylic acids is 1. The van der Waals surface area contributed by atoms with Gasteiger partial charge in [-0.15, -0.1) is 0 Å². The summed E-state index contributed by atoms with van der Waals surface area (Å²) in [5.41, 5.74) is 2.87. The van der Waals surface area contributed by atoms with Gasteiger partial charge in [0.15, 0.2) is 0 Å². The Balaban J connectivity index is 2.10. The van der Waals surface area contributed by atoms with Crippen molar-refractivity contribution in [1.82, 2.24) is 4.90 Å². The third kappa shape index (κ3) is 3.65. The molecule has 1 aliphatic heterocycles. The third-order valence-corrected chi connectivity index (χ3v) is 4.36. The summed E-state index contributed by atoms with van der Waals surface area (Å²) in [7, 11) is 0. The molecule has 1 amide bonds. The highest BCUT2D eigenvalue weighted by molar-refractivity contribution is 5.95. The van der Waals surface area contributed by atoms with Gasteiger partial charge in [0.25, 0.3) is 0 Å². The highest BCUT2D eigenvalue weighted by Gasteiger charge is 2.34. The summed E-state index contributed by atoms with van der Waals surface area (Å²) in [6.45, 7) is 6.35. The second-order valence-electron chi connectivity index (χ2n) is 6.07. The number of carboxylic acid groups (broad SMARTS) is 1. The van der Waals surface area contributed by atoms with Gasteiger partial charge in [-0.05, 0) is 57.4 Å². The van der Waals surface area contributed by atoms with Gasteiger partial charge in [0.05, 0.1) is 6.04 Å². The first kappa shape index (κ1) is 16.5. The molecule has 1 fully saturated rings. The number of anilines is 1. The quantitative estimate of drug-likeness (QED) is 0.897. The molecule has 1 aromatic carbocycles. The minimum Gasteiger partial charge on any atom is -0.480 e. The normalized spacial score (nSPS) is 20.4. The van der Waals surface area contributed by atoms with Gasteiger partial charge in [0.2, 0.25) is 5.91 Å². The first-order valence-electron chi connectivity index (χ1n) is 7.77. The van der Waals surface area contributed by atoms with Crippen LogP contribution in [0.25, 0.3) is 0 Å². The number of hydrogen-bond donors (Lipinski definition) is 2. The van der Waals surface area contributed by atoms with Crippen molar-refractivity contribution in [3.63, 3.8) is 0 Å². The van der Waals surface area contributed by atoms with E-state index < -0.39 is 18.1 Å². The fraction of sp³-hybridized carbons (Fsp3) is 0.529. The lowest BCUT2D eigenvalue weighted by Gasteiger charge is -2.36. The van der Waals surface area contributed by atoms with E-state index in [4.69, 9.17) is 0 Å². The van der Waals surface area contributed by atoms with Crippen LogP contribution in [-0.2, 0) is 9.59 Å². The molecular formula is C17H24N2O3. The van der Waals surface area contributed by atoms with Gasteiger partial charge in [-0.1, -0.05) is 18.6 Å². The van der Waals surface area contributed by atoms with Crippen molar-refractivity contribution >= 4 is 17.6 Å². The Kier molecular flexibility index (Phi) is 5.19. The number of piperidine rings is 1. The lowest BCUT2D eigenvalue weighted by atomic mass is 10.00. The molecule has 0 aliphatic carbocycles. The molecule has 2 atom stereocenters. The molecule has 2 unspecified atom stereocenters. The number of nitrogens with zero attached hydrogens (tertiary/aromatic N) is 1. The second-order valence-corrected chi connectivity index (χ2v) is 6.07. The van der Waals surface area contributed by atoms with Gasteiger partial charge in [0, 0.05) is 5.69 Å². The first-order chi connectivity index (χ1) is 10.4. The number of rotatable bonds is 4. The van der Waals surface area contributed by atoms with Crippen molar-refractivity contribution in [1.29, 1.82) is 0 Å². The Morgan fingerprint density at radius 2 is 2.05 bits per heavy atom. The fourth-order valence-electron chi connectivity index (χ4n) is 2.94. The van der Waals surface area contributed by atoms with Crippen LogP contribution in [0.5, 0.6) is 0 Å². The Morgan fingerprint density at radius 1 is 1.32 bits per heavy atom. The molecule has 0 saturated carbocycles. The van der Waals surface area contributed by atoms with Gasteiger partial charge >= 0.3 is 5.97 Å². The lowest BCUT2D eigenvalue weighted by Crippen LogP contribution is -2.53. The molecule has 0 aromatic heterocycles. The van der Waals surface area contributed by atoms with Crippen LogP contribution in [0, 0.1) is 13.8 Å². The number of carbonyl (C=O) groups excluding carboxylic acids is 1. The predicted molar refractivity (Wildman–Crippen MR) is 86.0 cm³/mol. The number of benzene rings is 1. The number of aryl methyl sites for hydroxylation is 2. The van der Waals surface area contributed by atoms with Crippen molar-refractivity contribution in [3.8, 4) is 0 Å². The SMILES string of the molecule is Cc1ccc(C)c(NC(=O)C(C)N2CCCCC2C(=O)O)c1. The zero-order valence-corrected chi connectivity index (χ0v) is 13.4. The molecule has 22 heavy (non-hydrogen) atoms. The molecular weight excluding hydrogens is 280 g/mol. The van der Waals surface area contributed by atoms with Crippen LogP contribution in [-0.4, -0.2) is 40.5 Å². The summed E-state index contributed by atoms with van der Waals surface area (Å²) < 4.78 is 0. The zero-order chi connectivity index (χ0) is 16.3. The molecule has 0 spiro atoms. The standard InChI is InChI=1S/C17H24N2O3/c1-11-7-8-12(2)14(10-11)18-16(20)13(3)19-9-5-4-6-15(19)17(21)22/h7-8,10,13,15H,4-6,9H2,1-3H3,(H,18,20)(H,21,22). The van der Waals surface area contributed by atoms with Crippen LogP contribution in [0.4, 0.5) is 5.69 Å². The van der Waals surface area contributed by atoms with E-state index >= 15 is 0 Å². The molecule has 0 bridgehead atoms. The Labute approximate surface area is 131 Å². The lowest BCUT2D eigenvalue weighted by molar-refractivity contribution is -0.146. The number of likely N-dealkylation sites (tertiary alicyclic amines) is 1. The molecule has 1 saturated heterocycles. The molecule has 2 rings (SSSR count). The van der Waals surface area contributed by atoms with E-state index in [0.717, 1.165) is 29.7 Å². The maximum Gasteiger partial charge on any atom is 0.320 e. The second kappa shape index (κ2) is 6.92. The summed E-state index contributed by atoms with van der Waals surface area (Å²) in [4.78, 5) is 25.7. The Bertz CT molecular complexity index is 571. The molecule has 1 aromatic rings. The number of amides is 1. The van der Waals surface area contributed by atoms with Gasteiger partial charge in [-0.25, -0.2) is 0 Å². The van der Waals surface area contributed by atoms with Crippen molar-refractivity contribution in [2.75, 3.05) is 11.9 Å². The number of nitrogens with one attached hydrogen (secondary N) is 1.